The lowest BCUT2D eigenvalue weighted by Crippen LogP contribution is -2.57. The lowest BCUT2D eigenvalue weighted by Gasteiger charge is -2.34. The van der Waals surface area contributed by atoms with E-state index in [0.29, 0.717) is 0 Å². The fraction of sp³-hybridized carbons (Fsp3) is 0.0270. The molecular weight excluding hydrogens is 503 g/mol. The van der Waals surface area contributed by atoms with Crippen LogP contribution in [0.4, 0.5) is 0 Å². The van der Waals surface area contributed by atoms with Crippen molar-refractivity contribution in [1.82, 2.24) is 0 Å². The van der Waals surface area contributed by atoms with E-state index in [0.717, 1.165) is 0 Å². The van der Waals surface area contributed by atoms with Gasteiger partial charge in [0.15, 0.2) is 0 Å². The first-order valence-corrected chi connectivity index (χ1v) is 17.4. The second kappa shape index (κ2) is 9.93. The summed E-state index contributed by atoms with van der Waals surface area (Å²) in [4.78, 5) is 0. The minimum atomic E-state index is -2.51. The molecule has 39 heavy (non-hydrogen) atoms. The minimum absolute atomic E-state index is 0.836. The first-order valence-electron chi connectivity index (χ1n) is 13.6. The molecule has 7 rings (SSSR count). The quantitative estimate of drug-likeness (QED) is 0.162. The number of benzene rings is 6. The van der Waals surface area contributed by atoms with Gasteiger partial charge in [-0.3, -0.25) is 0 Å². The summed E-state index contributed by atoms with van der Waals surface area (Å²) in [6, 6.07) is 58.9. The Morgan fingerprint density at radius 1 is 0.487 bits per heavy atom. The molecule has 0 aliphatic carbocycles. The molecule has 1 heterocycles. The molecule has 0 spiro atoms. The van der Waals surface area contributed by atoms with Crippen molar-refractivity contribution in [1.29, 1.82) is 0 Å². The maximum Gasteiger partial charge on any atom is 0.147 e. The number of hydrogen-bond acceptors (Lipinski definition) is 0. The third-order valence-electron chi connectivity index (χ3n) is 8.10. The smallest absolute Gasteiger partial charge is 0.0624 e. The van der Waals surface area contributed by atoms with Crippen molar-refractivity contribution in [2.45, 2.75) is 6.55 Å². The summed E-state index contributed by atoms with van der Waals surface area (Å²) in [6.45, 7) is 2.59. The van der Waals surface area contributed by atoms with Crippen LogP contribution in [0.2, 0.25) is 6.55 Å². The Hall–Kier alpha value is -4.03. The van der Waals surface area contributed by atoms with Crippen LogP contribution in [0.15, 0.2) is 158 Å². The largest absolute Gasteiger partial charge is 0.147 e. The van der Waals surface area contributed by atoms with Crippen molar-refractivity contribution in [2.75, 3.05) is 0 Å². The van der Waals surface area contributed by atoms with Crippen LogP contribution in [0.5, 0.6) is 0 Å². The molecule has 0 nitrogen and oxygen atoms in total. The van der Waals surface area contributed by atoms with E-state index in [1.54, 1.807) is 0 Å². The zero-order chi connectivity index (χ0) is 26.2. The van der Waals surface area contributed by atoms with Crippen LogP contribution < -0.4 is 21.0 Å². The lowest BCUT2D eigenvalue weighted by atomic mass is 10.1. The Balaban J connectivity index is 1.76. The zero-order valence-corrected chi connectivity index (χ0v) is 23.9. The van der Waals surface area contributed by atoms with Gasteiger partial charge in [-0.15, -0.1) is 0 Å². The van der Waals surface area contributed by atoms with Crippen LogP contribution in [0.1, 0.15) is 11.1 Å². The molecule has 2 heteroatoms. The first-order chi connectivity index (χ1) is 19.3. The molecule has 0 saturated carbocycles. The highest BCUT2D eigenvalue weighted by Crippen LogP contribution is 2.56. The van der Waals surface area contributed by atoms with Gasteiger partial charge in [-0.1, -0.05) is 164 Å². The normalized spacial score (nSPS) is 18.6. The van der Waals surface area contributed by atoms with Gasteiger partial charge in [0, 0.05) is 0 Å². The van der Waals surface area contributed by atoms with Gasteiger partial charge in [-0.05, 0) is 61.3 Å². The summed E-state index contributed by atoms with van der Waals surface area (Å²) < 4.78 is 0. The Kier molecular flexibility index (Phi) is 6.12. The van der Waals surface area contributed by atoms with Gasteiger partial charge in [0.25, 0.3) is 0 Å². The van der Waals surface area contributed by atoms with Gasteiger partial charge in [-0.25, -0.2) is 0 Å². The van der Waals surface area contributed by atoms with Crippen molar-refractivity contribution >= 4 is 58.3 Å². The molecule has 1 aliphatic rings. The van der Waals surface area contributed by atoms with Gasteiger partial charge in [0.05, 0.1) is 0 Å². The predicted molar refractivity (Wildman–Crippen MR) is 174 cm³/mol. The molecule has 6 aromatic rings. The van der Waals surface area contributed by atoms with Gasteiger partial charge in [0.2, 0.25) is 0 Å². The maximum atomic E-state index is 2.59. The van der Waals surface area contributed by atoms with E-state index < -0.39 is 16.0 Å². The van der Waals surface area contributed by atoms with E-state index in [2.05, 4.69) is 164 Å². The van der Waals surface area contributed by atoms with E-state index >= 15 is 0 Å². The monoisotopic (exact) mass is 532 g/mol. The van der Waals surface area contributed by atoms with Gasteiger partial charge in [-0.2, -0.15) is 0 Å². The molecule has 2 unspecified atom stereocenters. The van der Waals surface area contributed by atoms with Crippen molar-refractivity contribution in [3.63, 3.8) is 0 Å². The van der Waals surface area contributed by atoms with Crippen LogP contribution in [0.25, 0.3) is 21.3 Å². The average Bonchev–Trinajstić information content (AvgIpc) is 3.11. The fourth-order valence-corrected chi connectivity index (χ4v) is 14.5. The van der Waals surface area contributed by atoms with E-state index in [1.165, 1.54) is 53.4 Å². The second-order valence-electron chi connectivity index (χ2n) is 10.3. The summed E-state index contributed by atoms with van der Waals surface area (Å²) in [5.41, 5.74) is 2.66. The molecule has 2 atom stereocenters. The Bertz CT molecular complexity index is 1790. The SMILES string of the molecule is C[Si]1(c2ccccc2)C(c2ccccc2)=C(c2ccccc2)P(c2ccccc2)c2cccc3cccc1c23. The molecule has 0 radical (unpaired) electrons. The number of hydrogen-bond donors (Lipinski definition) is 0. The van der Waals surface area contributed by atoms with Crippen molar-refractivity contribution in [3.05, 3.63) is 169 Å². The highest BCUT2D eigenvalue weighted by atomic mass is 31.1. The fourth-order valence-electron chi connectivity index (χ4n) is 6.34. The van der Waals surface area contributed by atoms with Crippen LogP contribution >= 0.6 is 7.92 Å². The highest BCUT2D eigenvalue weighted by Gasteiger charge is 2.44. The third-order valence-corrected chi connectivity index (χ3v) is 15.4. The lowest BCUT2D eigenvalue weighted by molar-refractivity contribution is 1.61. The van der Waals surface area contributed by atoms with E-state index in [9.17, 15) is 0 Å². The van der Waals surface area contributed by atoms with E-state index in [-0.39, 0.29) is 0 Å². The summed E-state index contributed by atoms with van der Waals surface area (Å²) in [7, 11) is -3.34. The van der Waals surface area contributed by atoms with Crippen LogP contribution in [0, 0.1) is 0 Å². The summed E-state index contributed by atoms with van der Waals surface area (Å²) in [5.74, 6) is 0. The first kappa shape index (κ1) is 24.0. The summed E-state index contributed by atoms with van der Waals surface area (Å²) >= 11 is 0. The molecule has 0 amide bonds. The second-order valence-corrected chi connectivity index (χ2v) is 16.3. The van der Waals surface area contributed by atoms with Gasteiger partial charge < -0.3 is 0 Å². The number of rotatable bonds is 4. The van der Waals surface area contributed by atoms with Crippen molar-refractivity contribution in [3.8, 4) is 0 Å². The topological polar surface area (TPSA) is 0 Å². The highest BCUT2D eigenvalue weighted by molar-refractivity contribution is 7.83. The molecule has 0 saturated heterocycles. The molecule has 186 valence electrons. The van der Waals surface area contributed by atoms with Crippen LogP contribution in [-0.4, -0.2) is 8.07 Å². The van der Waals surface area contributed by atoms with Crippen molar-refractivity contribution < 1.29 is 0 Å². The Labute approximate surface area is 233 Å². The Morgan fingerprint density at radius 3 is 1.67 bits per heavy atom. The summed E-state index contributed by atoms with van der Waals surface area (Å²) in [6.07, 6.45) is 0. The minimum Gasteiger partial charge on any atom is -0.0624 e. The predicted octanol–water partition coefficient (Wildman–Crippen LogP) is 7.59. The van der Waals surface area contributed by atoms with Crippen LogP contribution in [-0.2, 0) is 0 Å². The third kappa shape index (κ3) is 3.93. The molecule has 0 bridgehead atoms. The molecule has 0 aromatic heterocycles. The van der Waals surface area contributed by atoms with Crippen LogP contribution in [0.3, 0.4) is 0 Å². The van der Waals surface area contributed by atoms with Gasteiger partial charge in [0.1, 0.15) is 8.07 Å². The summed E-state index contributed by atoms with van der Waals surface area (Å²) in [5, 5.41) is 11.6. The molecule has 6 aromatic carbocycles. The molecule has 0 fully saturated rings. The molecule has 0 N–H and O–H groups in total. The van der Waals surface area contributed by atoms with E-state index in [4.69, 9.17) is 0 Å². The van der Waals surface area contributed by atoms with E-state index in [1.807, 2.05) is 0 Å². The maximum absolute atomic E-state index is 2.59. The van der Waals surface area contributed by atoms with Gasteiger partial charge >= 0.3 is 0 Å². The van der Waals surface area contributed by atoms with Crippen molar-refractivity contribution in [2.24, 2.45) is 0 Å². The molecular formula is C37H29PSi. The standard InChI is InChI=1S/C37H29PSi/c1-39(32-24-12-5-13-25-32)34-27-15-21-28-20-14-26-33(35(28)34)38(31-22-10-4-11-23-31)36(29-16-6-2-7-17-29)37(39)30-18-8-3-9-19-30/h2-27H,1H3. The Morgan fingerprint density at radius 2 is 1.03 bits per heavy atom. The zero-order valence-electron chi connectivity index (χ0n) is 22.0. The average molecular weight is 533 g/mol. The molecule has 1 aliphatic heterocycles.